The van der Waals surface area contributed by atoms with Gasteiger partial charge in [-0.3, -0.25) is 5.43 Å². The van der Waals surface area contributed by atoms with Crippen molar-refractivity contribution in [3.8, 4) is 0 Å². The second-order valence-corrected chi connectivity index (χ2v) is 2.86. The molecule has 0 saturated heterocycles. The Hall–Kier alpha value is -1.95. The number of benzene rings is 1. The standard InChI is InChI=1S/C9H11N5O/c1-2-4-9(5-3-1)6-15-8-12-14-11-7-10-13-14/h1-5,7,12H,6,8H2. The Morgan fingerprint density at radius 1 is 1.27 bits per heavy atom. The highest BCUT2D eigenvalue weighted by Gasteiger charge is 1.92. The first-order chi connectivity index (χ1) is 7.45. The van der Waals surface area contributed by atoms with Crippen molar-refractivity contribution < 1.29 is 4.74 Å². The lowest BCUT2D eigenvalue weighted by Gasteiger charge is -2.05. The quantitative estimate of drug-likeness (QED) is 0.565. The van der Waals surface area contributed by atoms with Crippen LogP contribution in [0, 0.1) is 0 Å². The molecule has 0 atom stereocenters. The summed E-state index contributed by atoms with van der Waals surface area (Å²) in [4.78, 5) is 1.25. The topological polar surface area (TPSA) is 64.9 Å². The molecular weight excluding hydrogens is 194 g/mol. The second kappa shape index (κ2) is 5.06. The molecule has 0 spiro atoms. The number of rotatable bonds is 5. The number of hydrogen-bond donors (Lipinski definition) is 1. The van der Waals surface area contributed by atoms with E-state index in [1.807, 2.05) is 30.3 Å². The monoisotopic (exact) mass is 205 g/mol. The van der Waals surface area contributed by atoms with E-state index in [-0.39, 0.29) is 0 Å². The fourth-order valence-corrected chi connectivity index (χ4v) is 1.09. The zero-order valence-electron chi connectivity index (χ0n) is 8.08. The first-order valence-electron chi connectivity index (χ1n) is 4.54. The largest absolute Gasteiger partial charge is 0.355 e. The molecule has 0 aliphatic carbocycles. The van der Waals surface area contributed by atoms with Gasteiger partial charge in [-0.1, -0.05) is 35.2 Å². The molecule has 0 aliphatic rings. The Morgan fingerprint density at radius 2 is 2.13 bits per heavy atom. The van der Waals surface area contributed by atoms with Crippen LogP contribution in [0.3, 0.4) is 0 Å². The van der Waals surface area contributed by atoms with E-state index in [0.717, 1.165) is 5.56 Å². The summed E-state index contributed by atoms with van der Waals surface area (Å²) in [7, 11) is 0. The average Bonchev–Trinajstić information content (AvgIpc) is 2.79. The normalized spacial score (nSPS) is 10.1. The summed E-state index contributed by atoms with van der Waals surface area (Å²) in [5.41, 5.74) is 3.94. The molecule has 0 aliphatic heterocycles. The van der Waals surface area contributed by atoms with Crippen LogP contribution in [0.1, 0.15) is 5.56 Å². The molecule has 15 heavy (non-hydrogen) atoms. The number of hydrogen-bond acceptors (Lipinski definition) is 5. The van der Waals surface area contributed by atoms with Crippen LogP contribution in [0.4, 0.5) is 0 Å². The Labute approximate surface area is 86.8 Å². The first-order valence-corrected chi connectivity index (χ1v) is 4.54. The fourth-order valence-electron chi connectivity index (χ4n) is 1.09. The van der Waals surface area contributed by atoms with Crippen molar-refractivity contribution in [1.82, 2.24) is 20.3 Å². The third kappa shape index (κ3) is 3.03. The first kappa shape index (κ1) is 9.60. The number of nitrogens with zero attached hydrogens (tertiary/aromatic N) is 4. The molecule has 0 bridgehead atoms. The van der Waals surface area contributed by atoms with Gasteiger partial charge in [-0.05, 0) is 10.8 Å². The highest BCUT2D eigenvalue weighted by molar-refractivity contribution is 5.13. The molecule has 78 valence electrons. The van der Waals surface area contributed by atoms with Crippen LogP contribution in [0.15, 0.2) is 36.7 Å². The van der Waals surface area contributed by atoms with Gasteiger partial charge in [0.15, 0.2) is 6.33 Å². The molecule has 6 nitrogen and oxygen atoms in total. The number of nitrogens with one attached hydrogen (secondary N) is 1. The summed E-state index contributed by atoms with van der Waals surface area (Å²) in [5.74, 6) is 0. The van der Waals surface area contributed by atoms with E-state index >= 15 is 0 Å². The van der Waals surface area contributed by atoms with Crippen molar-refractivity contribution >= 4 is 0 Å². The summed E-state index contributed by atoms with van der Waals surface area (Å²) in [6, 6.07) is 9.94. The van der Waals surface area contributed by atoms with Crippen molar-refractivity contribution in [3.63, 3.8) is 0 Å². The molecule has 6 heteroatoms. The number of ether oxygens (including phenoxy) is 1. The Morgan fingerprint density at radius 3 is 2.87 bits per heavy atom. The zero-order chi connectivity index (χ0) is 10.3. The summed E-state index contributed by atoms with van der Waals surface area (Å²) >= 11 is 0. The molecule has 0 amide bonds. The molecule has 2 aromatic rings. The minimum absolute atomic E-state index is 0.339. The van der Waals surface area contributed by atoms with Gasteiger partial charge in [-0.25, -0.2) is 0 Å². The molecule has 1 aromatic heterocycles. The molecule has 1 heterocycles. The van der Waals surface area contributed by atoms with Crippen LogP contribution in [-0.2, 0) is 11.3 Å². The Bertz CT molecular complexity index is 375. The average molecular weight is 205 g/mol. The Balaban J connectivity index is 1.68. The van der Waals surface area contributed by atoms with Crippen molar-refractivity contribution in [3.05, 3.63) is 42.2 Å². The fraction of sp³-hybridized carbons (Fsp3) is 0.222. The molecule has 0 radical (unpaired) electrons. The number of aromatic nitrogens is 4. The molecule has 1 N–H and O–H groups in total. The van der Waals surface area contributed by atoms with Gasteiger partial charge < -0.3 is 4.74 Å². The van der Waals surface area contributed by atoms with E-state index in [1.165, 1.54) is 11.2 Å². The smallest absolute Gasteiger partial charge is 0.164 e. The van der Waals surface area contributed by atoms with Crippen molar-refractivity contribution in [1.29, 1.82) is 0 Å². The van der Waals surface area contributed by atoms with Crippen LogP contribution in [0.2, 0.25) is 0 Å². The van der Waals surface area contributed by atoms with E-state index in [2.05, 4.69) is 20.8 Å². The highest BCUT2D eigenvalue weighted by atomic mass is 16.5. The van der Waals surface area contributed by atoms with Gasteiger partial charge in [-0.15, -0.1) is 10.2 Å². The van der Waals surface area contributed by atoms with E-state index in [9.17, 15) is 0 Å². The SMILES string of the molecule is c1ccc(COCNn2ncnn2)cc1. The molecular formula is C9H11N5O. The molecule has 2 rings (SSSR count). The van der Waals surface area contributed by atoms with Crippen molar-refractivity contribution in [2.45, 2.75) is 6.61 Å². The van der Waals surface area contributed by atoms with Crippen LogP contribution < -0.4 is 5.43 Å². The molecule has 0 unspecified atom stereocenters. The second-order valence-electron chi connectivity index (χ2n) is 2.86. The van der Waals surface area contributed by atoms with Crippen molar-refractivity contribution in [2.24, 2.45) is 0 Å². The maximum Gasteiger partial charge on any atom is 0.164 e. The Kier molecular flexibility index (Phi) is 3.24. The van der Waals surface area contributed by atoms with Crippen LogP contribution in [-0.4, -0.2) is 27.0 Å². The maximum absolute atomic E-state index is 5.35. The lowest BCUT2D eigenvalue weighted by Crippen LogP contribution is -2.20. The third-order valence-electron chi connectivity index (χ3n) is 1.77. The van der Waals surface area contributed by atoms with Gasteiger partial charge >= 0.3 is 0 Å². The summed E-state index contributed by atoms with van der Waals surface area (Å²) in [6.07, 6.45) is 1.35. The summed E-state index contributed by atoms with van der Waals surface area (Å²) < 4.78 is 5.35. The van der Waals surface area contributed by atoms with Crippen LogP contribution in [0.5, 0.6) is 0 Å². The van der Waals surface area contributed by atoms with E-state index < -0.39 is 0 Å². The van der Waals surface area contributed by atoms with E-state index in [4.69, 9.17) is 4.74 Å². The van der Waals surface area contributed by atoms with E-state index in [0.29, 0.717) is 13.3 Å². The predicted molar refractivity (Wildman–Crippen MR) is 53.3 cm³/mol. The van der Waals surface area contributed by atoms with E-state index in [1.54, 1.807) is 0 Å². The maximum atomic E-state index is 5.35. The summed E-state index contributed by atoms with van der Waals surface area (Å²) in [5, 5.41) is 10.9. The minimum atomic E-state index is 0.339. The lowest BCUT2D eigenvalue weighted by molar-refractivity contribution is 0.127. The van der Waals surface area contributed by atoms with Crippen molar-refractivity contribution in [2.75, 3.05) is 12.2 Å². The number of tetrazole rings is 1. The zero-order valence-corrected chi connectivity index (χ0v) is 8.08. The van der Waals surface area contributed by atoms with Crippen LogP contribution in [0.25, 0.3) is 0 Å². The lowest BCUT2D eigenvalue weighted by atomic mass is 10.2. The minimum Gasteiger partial charge on any atom is -0.355 e. The predicted octanol–water partition coefficient (Wildman–Crippen LogP) is 0.391. The van der Waals surface area contributed by atoms with Gasteiger partial charge in [0.2, 0.25) is 0 Å². The molecule has 1 aromatic carbocycles. The highest BCUT2D eigenvalue weighted by Crippen LogP contribution is 1.99. The van der Waals surface area contributed by atoms with Gasteiger partial charge in [0.1, 0.15) is 6.73 Å². The molecule has 0 fully saturated rings. The van der Waals surface area contributed by atoms with Gasteiger partial charge in [0.05, 0.1) is 6.61 Å². The van der Waals surface area contributed by atoms with Crippen LogP contribution >= 0.6 is 0 Å². The molecule has 0 saturated carbocycles. The van der Waals surface area contributed by atoms with Gasteiger partial charge in [-0.2, -0.15) is 0 Å². The van der Waals surface area contributed by atoms with Gasteiger partial charge in [0.25, 0.3) is 0 Å². The van der Waals surface area contributed by atoms with Gasteiger partial charge in [0, 0.05) is 0 Å². The third-order valence-corrected chi connectivity index (χ3v) is 1.77. The summed E-state index contributed by atoms with van der Waals surface area (Å²) in [6.45, 7) is 0.897.